The van der Waals surface area contributed by atoms with Gasteiger partial charge in [0.15, 0.2) is 0 Å². The lowest BCUT2D eigenvalue weighted by molar-refractivity contribution is -0.284. The highest BCUT2D eigenvalue weighted by molar-refractivity contribution is 7.99. The summed E-state index contributed by atoms with van der Waals surface area (Å²) in [4.78, 5) is 15.9. The SMILES string of the molecule is CO[C@@H]1CCN(c2ccc(C(c3ccccc3)n3[nH]c(=O)c(Sc4ccccc4Cl)c3[O-])cc2)C1.N. The fourth-order valence-corrected chi connectivity index (χ4v) is 5.58. The van der Waals surface area contributed by atoms with Crippen LogP contribution in [0.5, 0.6) is 5.88 Å². The zero-order valence-electron chi connectivity index (χ0n) is 19.9. The summed E-state index contributed by atoms with van der Waals surface area (Å²) in [5.41, 5.74) is 2.48. The largest absolute Gasteiger partial charge is 0.858 e. The van der Waals surface area contributed by atoms with Gasteiger partial charge in [0, 0.05) is 36.7 Å². The Morgan fingerprint density at radius 1 is 1.03 bits per heavy atom. The van der Waals surface area contributed by atoms with Crippen LogP contribution in [0, 0.1) is 0 Å². The zero-order valence-corrected chi connectivity index (χ0v) is 21.5. The molecule has 2 atom stereocenters. The Bertz CT molecular complexity index is 1360. The molecule has 1 aliphatic rings. The van der Waals surface area contributed by atoms with Crippen LogP contribution in [0.25, 0.3) is 0 Å². The van der Waals surface area contributed by atoms with Gasteiger partial charge >= 0.3 is 0 Å². The lowest BCUT2D eigenvalue weighted by Crippen LogP contribution is -2.22. The van der Waals surface area contributed by atoms with E-state index in [0.29, 0.717) is 9.92 Å². The number of anilines is 1. The van der Waals surface area contributed by atoms with E-state index in [0.717, 1.165) is 48.1 Å². The summed E-state index contributed by atoms with van der Waals surface area (Å²) in [5.74, 6) is -0.375. The fourth-order valence-electron chi connectivity index (χ4n) is 4.48. The van der Waals surface area contributed by atoms with Gasteiger partial charge in [-0.05, 0) is 41.8 Å². The Morgan fingerprint density at radius 2 is 1.69 bits per heavy atom. The summed E-state index contributed by atoms with van der Waals surface area (Å²) >= 11 is 7.36. The van der Waals surface area contributed by atoms with Gasteiger partial charge in [-0.3, -0.25) is 14.6 Å². The number of nitrogens with one attached hydrogen (secondary N) is 1. The highest BCUT2D eigenvalue weighted by Gasteiger charge is 2.24. The van der Waals surface area contributed by atoms with Gasteiger partial charge in [0.05, 0.1) is 22.1 Å². The van der Waals surface area contributed by atoms with E-state index in [1.807, 2.05) is 54.6 Å². The van der Waals surface area contributed by atoms with Crippen LogP contribution in [0.3, 0.4) is 0 Å². The van der Waals surface area contributed by atoms with Gasteiger partial charge in [0.2, 0.25) is 0 Å². The highest BCUT2D eigenvalue weighted by atomic mass is 35.5. The predicted molar refractivity (Wildman–Crippen MR) is 143 cm³/mol. The monoisotopic (exact) mass is 523 g/mol. The van der Waals surface area contributed by atoms with Gasteiger partial charge in [-0.1, -0.05) is 78.0 Å². The van der Waals surface area contributed by atoms with Crippen molar-refractivity contribution in [2.75, 3.05) is 25.1 Å². The highest BCUT2D eigenvalue weighted by Crippen LogP contribution is 2.38. The average molecular weight is 524 g/mol. The van der Waals surface area contributed by atoms with Crippen LogP contribution >= 0.6 is 23.4 Å². The second kappa shape index (κ2) is 11.3. The molecule has 1 unspecified atom stereocenters. The molecule has 0 amide bonds. The normalized spacial score (nSPS) is 16.1. The molecule has 1 fully saturated rings. The maximum absolute atomic E-state index is 13.5. The van der Waals surface area contributed by atoms with Gasteiger partial charge in [-0.25, -0.2) is 0 Å². The first-order valence-electron chi connectivity index (χ1n) is 11.4. The molecule has 0 saturated carbocycles. The molecule has 7 nitrogen and oxygen atoms in total. The Balaban J connectivity index is 0.00000304. The van der Waals surface area contributed by atoms with Crippen molar-refractivity contribution >= 4 is 29.1 Å². The first kappa shape index (κ1) is 25.9. The van der Waals surface area contributed by atoms with E-state index < -0.39 is 11.6 Å². The first-order valence-corrected chi connectivity index (χ1v) is 12.6. The fraction of sp³-hybridized carbons (Fsp3) is 0.222. The lowest BCUT2D eigenvalue weighted by atomic mass is 9.98. The van der Waals surface area contributed by atoms with E-state index in [4.69, 9.17) is 16.3 Å². The van der Waals surface area contributed by atoms with Crippen molar-refractivity contribution < 1.29 is 9.84 Å². The molecule has 4 aromatic rings. The molecule has 1 aliphatic heterocycles. The molecule has 9 heteroatoms. The van der Waals surface area contributed by atoms with Crippen molar-refractivity contribution in [3.63, 3.8) is 0 Å². The van der Waals surface area contributed by atoms with E-state index >= 15 is 0 Å². The van der Waals surface area contributed by atoms with Gasteiger partial charge in [0.25, 0.3) is 5.56 Å². The minimum atomic E-state index is -0.476. The Hall–Kier alpha value is -3.17. The molecule has 0 spiro atoms. The number of H-pyrrole nitrogens is 1. The smallest absolute Gasteiger partial charge is 0.277 e. The van der Waals surface area contributed by atoms with Crippen LogP contribution in [-0.4, -0.2) is 36.1 Å². The quantitative estimate of drug-likeness (QED) is 0.349. The third-order valence-electron chi connectivity index (χ3n) is 6.32. The second-order valence-electron chi connectivity index (χ2n) is 8.47. The average Bonchev–Trinajstić information content (AvgIpc) is 3.47. The second-order valence-corrected chi connectivity index (χ2v) is 9.93. The molecule has 2 heterocycles. The molecule has 0 radical (unpaired) electrons. The number of halogens is 1. The number of hydrogen-bond donors (Lipinski definition) is 2. The van der Waals surface area contributed by atoms with Crippen molar-refractivity contribution in [2.45, 2.75) is 28.4 Å². The first-order chi connectivity index (χ1) is 17.0. The topological polar surface area (TPSA) is 108 Å². The molecular weight excluding hydrogens is 496 g/mol. The molecule has 0 aliphatic carbocycles. The number of ether oxygens (including phenoxy) is 1. The maximum Gasteiger partial charge on any atom is 0.277 e. The molecule has 3 aromatic carbocycles. The standard InChI is InChI=1S/C27H26ClN3O3S.H3N/c1-34-21-15-16-30(17-21)20-13-11-19(12-14-20)24(18-7-3-2-4-8-18)31-27(33)25(26(32)29-31)35-23-10-6-5-9-22(23)28;/h2-14,21,24,33H,15-17H2,1H3,(H,29,32);1H3/p-1/t21-,24?;/m1./s1. The van der Waals surface area contributed by atoms with Crippen LogP contribution in [-0.2, 0) is 4.74 Å². The summed E-state index contributed by atoms with van der Waals surface area (Å²) in [6, 6.07) is 24.6. The molecule has 5 rings (SSSR count). The molecule has 36 heavy (non-hydrogen) atoms. The zero-order chi connectivity index (χ0) is 24.4. The number of rotatable bonds is 7. The lowest BCUT2D eigenvalue weighted by Gasteiger charge is -2.25. The van der Waals surface area contributed by atoms with E-state index in [-0.39, 0.29) is 23.0 Å². The molecule has 188 valence electrons. The van der Waals surface area contributed by atoms with Gasteiger partial charge in [-0.2, -0.15) is 0 Å². The number of nitrogens with zero attached hydrogens (tertiary/aromatic N) is 2. The minimum absolute atomic E-state index is 0. The maximum atomic E-state index is 13.5. The third-order valence-corrected chi connectivity index (χ3v) is 7.90. The number of aromatic nitrogens is 2. The summed E-state index contributed by atoms with van der Waals surface area (Å²) in [6.07, 6.45) is 1.25. The molecule has 4 N–H and O–H groups in total. The van der Waals surface area contributed by atoms with Gasteiger partial charge in [-0.15, -0.1) is 0 Å². The van der Waals surface area contributed by atoms with Crippen molar-refractivity contribution in [3.8, 4) is 5.88 Å². The van der Waals surface area contributed by atoms with Crippen LogP contribution in [0.1, 0.15) is 23.6 Å². The number of aromatic amines is 1. The van der Waals surface area contributed by atoms with Crippen molar-refractivity contribution in [1.29, 1.82) is 0 Å². The van der Waals surface area contributed by atoms with Gasteiger partial charge < -0.3 is 20.9 Å². The Labute approximate surface area is 219 Å². The summed E-state index contributed by atoms with van der Waals surface area (Å²) < 4.78 is 6.91. The molecule has 0 bridgehead atoms. The number of methoxy groups -OCH3 is 1. The van der Waals surface area contributed by atoms with E-state index in [1.165, 1.54) is 4.68 Å². The number of benzene rings is 3. The summed E-state index contributed by atoms with van der Waals surface area (Å²) in [7, 11) is 1.75. The third kappa shape index (κ3) is 5.17. The Morgan fingerprint density at radius 3 is 2.36 bits per heavy atom. The van der Waals surface area contributed by atoms with Gasteiger partial charge in [0.1, 0.15) is 0 Å². The van der Waals surface area contributed by atoms with E-state index in [1.54, 1.807) is 19.2 Å². The van der Waals surface area contributed by atoms with E-state index in [9.17, 15) is 9.90 Å². The van der Waals surface area contributed by atoms with E-state index in [2.05, 4.69) is 22.1 Å². The van der Waals surface area contributed by atoms with Crippen LogP contribution < -0.4 is 21.7 Å². The molecule has 1 saturated heterocycles. The predicted octanol–water partition coefficient (Wildman–Crippen LogP) is 5.08. The van der Waals surface area contributed by atoms with Crippen LogP contribution in [0.2, 0.25) is 5.02 Å². The van der Waals surface area contributed by atoms with Crippen LogP contribution in [0.4, 0.5) is 5.69 Å². The van der Waals surface area contributed by atoms with Crippen molar-refractivity contribution in [1.82, 2.24) is 15.9 Å². The van der Waals surface area contributed by atoms with Crippen molar-refractivity contribution in [2.24, 2.45) is 0 Å². The van der Waals surface area contributed by atoms with Crippen LogP contribution in [0.15, 0.2) is 93.4 Å². The number of hydrogen-bond acceptors (Lipinski definition) is 6. The van der Waals surface area contributed by atoms with Crippen molar-refractivity contribution in [3.05, 3.63) is 105 Å². The molecular formula is C27H28ClN4O3S-. The summed E-state index contributed by atoms with van der Waals surface area (Å²) in [5, 5.41) is 16.8. The molecule has 1 aromatic heterocycles. The minimum Gasteiger partial charge on any atom is -0.858 e. The summed E-state index contributed by atoms with van der Waals surface area (Å²) in [6.45, 7) is 1.80. The Kier molecular flexibility index (Phi) is 8.11.